The number of hydrogen-bond donors (Lipinski definition) is 0. The van der Waals surface area contributed by atoms with Crippen molar-refractivity contribution in [3.8, 4) is 0 Å². The Hall–Kier alpha value is -2.80. The molecule has 0 radical (unpaired) electrons. The van der Waals surface area contributed by atoms with Gasteiger partial charge in [-0.1, -0.05) is 48.5 Å². The van der Waals surface area contributed by atoms with Crippen LogP contribution in [0, 0.1) is 13.3 Å². The van der Waals surface area contributed by atoms with E-state index in [1.54, 1.807) is 0 Å². The Labute approximate surface area is 226 Å². The van der Waals surface area contributed by atoms with E-state index >= 15 is 0 Å². The van der Waals surface area contributed by atoms with Crippen molar-refractivity contribution in [1.29, 1.82) is 0 Å². The van der Waals surface area contributed by atoms with E-state index in [0.717, 1.165) is 6.54 Å². The summed E-state index contributed by atoms with van der Waals surface area (Å²) in [4.78, 5) is 2.44. The molecule has 3 heterocycles. The first-order valence-electron chi connectivity index (χ1n) is 11.3. The van der Waals surface area contributed by atoms with Crippen molar-refractivity contribution in [2.75, 3.05) is 25.0 Å². The molecule has 8 heteroatoms. The van der Waals surface area contributed by atoms with Crippen LogP contribution in [0.15, 0.2) is 110 Å². The Morgan fingerprint density at radius 2 is 1.11 bits per heavy atom. The molecule has 4 aromatic rings. The maximum absolute atomic E-state index is 7.50. The van der Waals surface area contributed by atoms with Crippen molar-refractivity contribution in [3.05, 3.63) is 129 Å². The minimum atomic E-state index is -0.595. The predicted octanol–water partition coefficient (Wildman–Crippen LogP) is 6.25. The zero-order valence-corrected chi connectivity index (χ0v) is 22.6. The fourth-order valence-electron chi connectivity index (χ4n) is 3.89. The molecule has 36 heavy (non-hydrogen) atoms. The maximum atomic E-state index is 7.50. The van der Waals surface area contributed by atoms with E-state index in [4.69, 9.17) is 9.30 Å². The third-order valence-corrected chi connectivity index (χ3v) is 7.49. The Kier molecular flexibility index (Phi) is 16.0. The monoisotopic (exact) mass is 538 g/mol. The average molecular weight is 539 g/mol. The van der Waals surface area contributed by atoms with E-state index in [1.807, 2.05) is 0 Å². The second-order valence-corrected chi connectivity index (χ2v) is 9.87. The molecule has 2 aromatic heterocycles. The number of hydrogen-bond acceptors (Lipinski definition) is 2. The molecule has 1 fully saturated rings. The molecule has 0 amide bonds. The van der Waals surface area contributed by atoms with Crippen LogP contribution < -0.4 is 4.90 Å². The molecule has 1 aliphatic rings. The largest absolute Gasteiger partial charge is 0.372 e. The maximum Gasteiger partial charge on any atom is 0.0366 e. The first-order valence-corrected chi connectivity index (χ1v) is 12.5. The van der Waals surface area contributed by atoms with Crippen molar-refractivity contribution in [3.63, 3.8) is 0 Å². The van der Waals surface area contributed by atoms with Gasteiger partial charge in [0.1, 0.15) is 0 Å². The first-order chi connectivity index (χ1) is 17.3. The average Bonchev–Trinajstić information content (AvgIpc) is 3.73. The minimum Gasteiger partial charge on any atom is -0.372 e. The van der Waals surface area contributed by atoms with Crippen molar-refractivity contribution in [2.24, 2.45) is 0 Å². The minimum absolute atomic E-state index is 0. The van der Waals surface area contributed by atoms with Crippen LogP contribution >= 0.6 is 8.37 Å². The van der Waals surface area contributed by atoms with E-state index in [0.29, 0.717) is 0 Å². The smallest absolute Gasteiger partial charge is 0.0366 e. The van der Waals surface area contributed by atoms with Gasteiger partial charge in [-0.15, -0.1) is 0 Å². The molecule has 0 unspecified atom stereocenters. The number of para-hydroxylation sites is 1. The van der Waals surface area contributed by atoms with Gasteiger partial charge < -0.3 is 13.6 Å². The van der Waals surface area contributed by atoms with Crippen LogP contribution in [0.25, 0.3) is 0 Å². The molecule has 0 atom stereocenters. The van der Waals surface area contributed by atoms with Crippen LogP contribution in [0.5, 0.6) is 0 Å². The topological polar surface area (TPSA) is 56.1 Å². The number of aromatic nitrogens is 2. The van der Waals surface area contributed by atoms with Crippen molar-refractivity contribution in [1.82, 2.24) is 13.3 Å². The van der Waals surface area contributed by atoms with Crippen molar-refractivity contribution in [2.45, 2.75) is 19.4 Å². The second kappa shape index (κ2) is 18.5. The molecule has 2 aromatic carbocycles. The summed E-state index contributed by atoms with van der Waals surface area (Å²) in [6.07, 6.45) is 11.2. The summed E-state index contributed by atoms with van der Waals surface area (Å²) in [5.74, 6) is 0. The molecular formula is C28H31CrN4O2P. The van der Waals surface area contributed by atoms with Gasteiger partial charge in [-0.25, -0.2) is 4.67 Å². The van der Waals surface area contributed by atoms with Crippen LogP contribution in [-0.2, 0) is 33.2 Å². The van der Waals surface area contributed by atoms with Crippen LogP contribution in [0.2, 0.25) is 0 Å². The SMILES string of the molecule is CN(Cc1ccccc1)P(n1cccc1)n1cccc1.[C-]#[O+].[C-]#[O+].[Cr].c1ccc(N2CCCC2)cc1. The van der Waals surface area contributed by atoms with Crippen molar-refractivity contribution >= 4 is 14.1 Å². The van der Waals surface area contributed by atoms with E-state index in [9.17, 15) is 0 Å². The third kappa shape index (κ3) is 9.69. The summed E-state index contributed by atoms with van der Waals surface area (Å²) < 4.78 is 21.9. The summed E-state index contributed by atoms with van der Waals surface area (Å²) >= 11 is 0. The molecule has 6 nitrogen and oxygen atoms in total. The molecule has 0 aliphatic carbocycles. The summed E-state index contributed by atoms with van der Waals surface area (Å²) in [5.41, 5.74) is 2.71. The van der Waals surface area contributed by atoms with Gasteiger partial charge in [0, 0.05) is 67.5 Å². The zero-order valence-electron chi connectivity index (χ0n) is 20.4. The Bertz CT molecular complexity index is 1040. The van der Waals surface area contributed by atoms with Gasteiger partial charge >= 0.3 is 22.6 Å². The number of nitrogens with zero attached hydrogens (tertiary/aromatic N) is 4. The van der Waals surface area contributed by atoms with Gasteiger partial charge in [-0.3, -0.25) is 0 Å². The molecule has 0 N–H and O–H groups in total. The number of anilines is 1. The Morgan fingerprint density at radius 1 is 0.694 bits per heavy atom. The summed E-state index contributed by atoms with van der Waals surface area (Å²) in [6.45, 7) is 12.4. The number of benzene rings is 2. The predicted molar refractivity (Wildman–Crippen MR) is 140 cm³/mol. The quantitative estimate of drug-likeness (QED) is 0.165. The molecule has 5 rings (SSSR count). The van der Waals surface area contributed by atoms with Gasteiger partial charge in [-0.2, -0.15) is 0 Å². The first kappa shape index (κ1) is 31.2. The normalized spacial score (nSPS) is 11.7. The number of rotatable bonds is 6. The molecule has 186 valence electrons. The molecule has 0 spiro atoms. The van der Waals surface area contributed by atoms with Crippen LogP contribution in [0.1, 0.15) is 18.4 Å². The molecular weight excluding hydrogens is 507 g/mol. The van der Waals surface area contributed by atoms with Gasteiger partial charge in [0.05, 0.1) is 0 Å². The summed E-state index contributed by atoms with van der Waals surface area (Å²) in [6, 6.07) is 29.6. The fourth-order valence-corrected chi connectivity index (χ4v) is 5.90. The second-order valence-electron chi connectivity index (χ2n) is 7.73. The van der Waals surface area contributed by atoms with Crippen LogP contribution in [0.4, 0.5) is 5.69 Å². The van der Waals surface area contributed by atoms with Gasteiger partial charge in [0.25, 0.3) is 0 Å². The van der Waals surface area contributed by atoms with Crippen molar-refractivity contribution < 1.29 is 26.7 Å². The van der Waals surface area contributed by atoms with E-state index < -0.39 is 8.37 Å². The van der Waals surface area contributed by atoms with Gasteiger partial charge in [0.2, 0.25) is 0 Å². The van der Waals surface area contributed by atoms with Crippen LogP contribution in [0.3, 0.4) is 0 Å². The molecule has 1 aliphatic heterocycles. The summed E-state index contributed by atoms with van der Waals surface area (Å²) in [7, 11) is 1.58. The molecule has 1 saturated heterocycles. The molecule has 0 bridgehead atoms. The molecule has 0 saturated carbocycles. The van der Waals surface area contributed by atoms with E-state index in [2.05, 4.69) is 148 Å². The zero-order chi connectivity index (χ0) is 25.3. The summed E-state index contributed by atoms with van der Waals surface area (Å²) in [5, 5.41) is 0. The Balaban J connectivity index is 0.000000344. The van der Waals surface area contributed by atoms with Gasteiger partial charge in [0.15, 0.2) is 8.37 Å². The van der Waals surface area contributed by atoms with Gasteiger partial charge in [-0.05, 0) is 61.9 Å². The van der Waals surface area contributed by atoms with E-state index in [-0.39, 0.29) is 17.4 Å². The van der Waals surface area contributed by atoms with Crippen LogP contribution in [-0.4, -0.2) is 33.5 Å². The van der Waals surface area contributed by atoms with E-state index in [1.165, 1.54) is 37.2 Å². The fraction of sp³-hybridized carbons (Fsp3) is 0.214. The third-order valence-electron chi connectivity index (χ3n) is 5.38. The Morgan fingerprint density at radius 3 is 1.56 bits per heavy atom. The standard InChI is InChI=1S/C16H18N3P.C10H13N.2CO.Cr/c1-17(15-16-9-3-2-4-10-16)20(18-11-5-6-12-18)19-13-7-8-14-19;1-2-6-10(7-3-1)11-8-4-5-9-11;2*1-2;/h2-14H,15H2,1H3;1-3,6-7H,4-5,8-9H2;;;.